The highest BCUT2D eigenvalue weighted by Crippen LogP contribution is 2.18. The number of piperazine rings is 1. The van der Waals surface area contributed by atoms with Crippen molar-refractivity contribution >= 4 is 0 Å². The van der Waals surface area contributed by atoms with Gasteiger partial charge in [0.15, 0.2) is 0 Å². The molecule has 0 amide bonds. The third-order valence-corrected chi connectivity index (χ3v) is 4.69. The van der Waals surface area contributed by atoms with Gasteiger partial charge in [-0.25, -0.2) is 0 Å². The third-order valence-electron chi connectivity index (χ3n) is 4.69. The molecule has 0 spiro atoms. The maximum atomic E-state index is 9.30. The van der Waals surface area contributed by atoms with Crippen molar-refractivity contribution in [2.45, 2.75) is 58.0 Å². The average Bonchev–Trinajstić information content (AvgIpc) is 2.44. The lowest BCUT2D eigenvalue weighted by molar-refractivity contribution is 0.0610. The third kappa shape index (κ3) is 4.73. The molecule has 0 saturated carbocycles. The Hall–Kier alpha value is -0.630. The van der Waals surface area contributed by atoms with Crippen LogP contribution in [-0.2, 0) is 0 Å². The minimum Gasteiger partial charge on any atom is -0.302 e. The second-order valence-corrected chi connectivity index (χ2v) is 6.90. The van der Waals surface area contributed by atoms with Gasteiger partial charge in [-0.2, -0.15) is 5.26 Å². The second kappa shape index (κ2) is 7.40. The van der Waals surface area contributed by atoms with Crippen molar-refractivity contribution < 1.29 is 0 Å². The molecule has 1 rings (SSSR count). The molecule has 1 aliphatic heterocycles. The number of rotatable bonds is 6. The van der Waals surface area contributed by atoms with E-state index in [2.05, 4.69) is 48.9 Å². The quantitative estimate of drug-likeness (QED) is 0.809. The van der Waals surface area contributed by atoms with Crippen LogP contribution in [0, 0.1) is 11.3 Å². The zero-order chi connectivity index (χ0) is 15.2. The summed E-state index contributed by atoms with van der Waals surface area (Å²) < 4.78 is 0. The summed E-state index contributed by atoms with van der Waals surface area (Å²) in [5.41, 5.74) is -0.0381. The molecule has 1 atom stereocenters. The molecule has 0 aromatic rings. The van der Waals surface area contributed by atoms with Gasteiger partial charge in [0.2, 0.25) is 0 Å². The first-order valence-electron chi connectivity index (χ1n) is 7.94. The molecular weight excluding hydrogens is 248 g/mol. The summed E-state index contributed by atoms with van der Waals surface area (Å²) >= 11 is 0. The molecule has 0 aromatic carbocycles. The number of nitrogens with zero attached hydrogens (tertiary/aromatic N) is 3. The van der Waals surface area contributed by atoms with E-state index >= 15 is 0 Å². The monoisotopic (exact) mass is 280 g/mol. The van der Waals surface area contributed by atoms with Gasteiger partial charge < -0.3 is 10.2 Å². The second-order valence-electron chi connectivity index (χ2n) is 6.90. The Kier molecular flexibility index (Phi) is 6.44. The molecule has 0 aromatic heterocycles. The Bertz CT molecular complexity index is 314. The van der Waals surface area contributed by atoms with Crippen LogP contribution < -0.4 is 5.32 Å². The van der Waals surface area contributed by atoms with Gasteiger partial charge in [-0.3, -0.25) is 4.90 Å². The molecule has 4 heteroatoms. The van der Waals surface area contributed by atoms with Crippen LogP contribution in [0.2, 0.25) is 0 Å². The maximum Gasteiger partial charge on any atom is 0.106 e. The molecule has 1 fully saturated rings. The standard InChI is InChI=1S/C16H32N4/c1-6-16(14-17,18-5)8-7-9-19-10-12-20(13-11-19)15(2,3)4/h18H,6-13H2,1-5H3. The molecule has 0 bridgehead atoms. The molecule has 1 heterocycles. The van der Waals surface area contributed by atoms with E-state index in [4.69, 9.17) is 0 Å². The molecule has 0 aliphatic carbocycles. The van der Waals surface area contributed by atoms with Gasteiger partial charge in [0.05, 0.1) is 6.07 Å². The SMILES string of the molecule is CCC(C#N)(CCCN1CCN(C(C)(C)C)CC1)NC. The van der Waals surface area contributed by atoms with Gasteiger partial charge in [-0.1, -0.05) is 6.92 Å². The van der Waals surface area contributed by atoms with E-state index in [-0.39, 0.29) is 11.1 Å². The smallest absolute Gasteiger partial charge is 0.106 e. The first-order valence-corrected chi connectivity index (χ1v) is 7.94. The lowest BCUT2D eigenvalue weighted by atomic mass is 9.92. The summed E-state index contributed by atoms with van der Waals surface area (Å²) in [6, 6.07) is 2.44. The Morgan fingerprint density at radius 3 is 2.15 bits per heavy atom. The number of nitrogens with one attached hydrogen (secondary N) is 1. The molecule has 0 radical (unpaired) electrons. The minimum absolute atomic E-state index is 0.288. The van der Waals surface area contributed by atoms with E-state index in [0.29, 0.717) is 0 Å². The van der Waals surface area contributed by atoms with E-state index in [9.17, 15) is 5.26 Å². The van der Waals surface area contributed by atoms with E-state index in [1.165, 1.54) is 0 Å². The van der Waals surface area contributed by atoms with Crippen LogP contribution in [-0.4, -0.2) is 60.6 Å². The molecule has 4 nitrogen and oxygen atoms in total. The Balaban J connectivity index is 2.30. The van der Waals surface area contributed by atoms with Crippen LogP contribution in [0.15, 0.2) is 0 Å². The fraction of sp³-hybridized carbons (Fsp3) is 0.938. The van der Waals surface area contributed by atoms with Gasteiger partial charge in [-0.05, 0) is 53.6 Å². The summed E-state index contributed by atoms with van der Waals surface area (Å²) in [6.45, 7) is 14.7. The van der Waals surface area contributed by atoms with E-state index in [0.717, 1.165) is 52.0 Å². The van der Waals surface area contributed by atoms with Crippen LogP contribution in [0.4, 0.5) is 0 Å². The Morgan fingerprint density at radius 1 is 1.15 bits per heavy atom. The van der Waals surface area contributed by atoms with E-state index < -0.39 is 0 Å². The zero-order valence-corrected chi connectivity index (χ0v) is 14.0. The fourth-order valence-electron chi connectivity index (χ4n) is 2.92. The predicted octanol–water partition coefficient (Wildman–Crippen LogP) is 2.07. The molecular formula is C16H32N4. The highest BCUT2D eigenvalue weighted by atomic mass is 15.3. The van der Waals surface area contributed by atoms with Crippen molar-refractivity contribution in [1.82, 2.24) is 15.1 Å². The first-order chi connectivity index (χ1) is 9.37. The van der Waals surface area contributed by atoms with Crippen molar-refractivity contribution in [3.63, 3.8) is 0 Å². The van der Waals surface area contributed by atoms with Crippen LogP contribution >= 0.6 is 0 Å². The van der Waals surface area contributed by atoms with Crippen molar-refractivity contribution in [3.8, 4) is 6.07 Å². The van der Waals surface area contributed by atoms with Crippen LogP contribution in [0.5, 0.6) is 0 Å². The van der Waals surface area contributed by atoms with Gasteiger partial charge in [0.25, 0.3) is 0 Å². The van der Waals surface area contributed by atoms with E-state index in [1.807, 2.05) is 7.05 Å². The molecule has 1 unspecified atom stereocenters. The Labute approximate surface area is 125 Å². The summed E-state index contributed by atoms with van der Waals surface area (Å²) in [5.74, 6) is 0. The minimum atomic E-state index is -0.326. The van der Waals surface area contributed by atoms with Crippen LogP contribution in [0.1, 0.15) is 47.0 Å². The van der Waals surface area contributed by atoms with Gasteiger partial charge in [0.1, 0.15) is 5.54 Å². The largest absolute Gasteiger partial charge is 0.302 e. The van der Waals surface area contributed by atoms with Crippen LogP contribution in [0.3, 0.4) is 0 Å². The Morgan fingerprint density at radius 2 is 1.75 bits per heavy atom. The number of hydrogen-bond donors (Lipinski definition) is 1. The summed E-state index contributed by atoms with van der Waals surface area (Å²) in [5, 5.41) is 12.5. The number of hydrogen-bond acceptors (Lipinski definition) is 4. The van der Waals surface area contributed by atoms with Crippen molar-refractivity contribution in [3.05, 3.63) is 0 Å². The lowest BCUT2D eigenvalue weighted by Crippen LogP contribution is -2.53. The molecule has 1 saturated heterocycles. The maximum absolute atomic E-state index is 9.30. The molecule has 116 valence electrons. The van der Waals surface area contributed by atoms with Crippen molar-refractivity contribution in [2.24, 2.45) is 0 Å². The first kappa shape index (κ1) is 17.4. The van der Waals surface area contributed by atoms with Gasteiger partial charge >= 0.3 is 0 Å². The molecule has 1 N–H and O–H groups in total. The topological polar surface area (TPSA) is 42.3 Å². The highest BCUT2D eigenvalue weighted by molar-refractivity contribution is 5.05. The normalized spacial score (nSPS) is 21.4. The van der Waals surface area contributed by atoms with Gasteiger partial charge in [-0.15, -0.1) is 0 Å². The van der Waals surface area contributed by atoms with Crippen LogP contribution in [0.25, 0.3) is 0 Å². The van der Waals surface area contributed by atoms with E-state index in [1.54, 1.807) is 0 Å². The van der Waals surface area contributed by atoms with Gasteiger partial charge in [0, 0.05) is 31.7 Å². The lowest BCUT2D eigenvalue weighted by Gasteiger charge is -2.42. The number of nitriles is 1. The molecule has 20 heavy (non-hydrogen) atoms. The zero-order valence-electron chi connectivity index (χ0n) is 14.0. The van der Waals surface area contributed by atoms with Crippen molar-refractivity contribution in [1.29, 1.82) is 5.26 Å². The highest BCUT2D eigenvalue weighted by Gasteiger charge is 2.27. The average molecular weight is 280 g/mol. The summed E-state index contributed by atoms with van der Waals surface area (Å²) in [6.07, 6.45) is 2.91. The summed E-state index contributed by atoms with van der Waals surface area (Å²) in [7, 11) is 1.90. The van der Waals surface area contributed by atoms with Crippen molar-refractivity contribution in [2.75, 3.05) is 39.8 Å². The summed E-state index contributed by atoms with van der Waals surface area (Å²) in [4.78, 5) is 5.10. The predicted molar refractivity (Wildman–Crippen MR) is 84.7 cm³/mol. The molecule has 1 aliphatic rings. The fourth-order valence-corrected chi connectivity index (χ4v) is 2.92.